The summed E-state index contributed by atoms with van der Waals surface area (Å²) >= 11 is 0. The molecule has 0 fully saturated rings. The maximum Gasteiger partial charge on any atom is 0.123 e. The summed E-state index contributed by atoms with van der Waals surface area (Å²) in [7, 11) is 2.06. The molecule has 0 atom stereocenters. The van der Waals surface area contributed by atoms with Crippen LogP contribution in [0.2, 0.25) is 0 Å². The van der Waals surface area contributed by atoms with Gasteiger partial charge in [0, 0.05) is 11.1 Å². The van der Waals surface area contributed by atoms with E-state index in [1.54, 1.807) is 24.3 Å². The van der Waals surface area contributed by atoms with Crippen molar-refractivity contribution in [3.05, 3.63) is 71.3 Å². The zero-order valence-corrected chi connectivity index (χ0v) is 10.3. The summed E-state index contributed by atoms with van der Waals surface area (Å²) in [4.78, 5) is 1.27. The predicted molar refractivity (Wildman–Crippen MR) is 67.1 cm³/mol. The Hall–Kier alpha value is -1.74. The van der Waals surface area contributed by atoms with Crippen LogP contribution in [0, 0.1) is 11.6 Å². The fraction of sp³-hybridized carbons (Fsp3) is 0.200. The third kappa shape index (κ3) is 3.64. The van der Waals surface area contributed by atoms with Gasteiger partial charge in [0.15, 0.2) is 0 Å². The van der Waals surface area contributed by atoms with Gasteiger partial charge in [-0.3, -0.25) is 0 Å². The first-order valence-corrected chi connectivity index (χ1v) is 5.93. The van der Waals surface area contributed by atoms with Gasteiger partial charge in [-0.2, -0.15) is 0 Å². The Morgan fingerprint density at radius 2 is 1.06 bits per heavy atom. The lowest BCUT2D eigenvalue weighted by atomic mass is 10.2. The minimum absolute atomic E-state index is 0.213. The molecular formula is C15H16F2N+. The van der Waals surface area contributed by atoms with E-state index < -0.39 is 0 Å². The van der Waals surface area contributed by atoms with E-state index in [0.717, 1.165) is 24.2 Å². The van der Waals surface area contributed by atoms with Crippen LogP contribution >= 0.6 is 0 Å². The molecule has 3 heteroatoms. The van der Waals surface area contributed by atoms with E-state index in [9.17, 15) is 8.78 Å². The Labute approximate surface area is 106 Å². The molecule has 94 valence electrons. The molecule has 1 nitrogen and oxygen atoms in total. The standard InChI is InChI=1S/C15H15F2N/c1-18(10-12-2-6-14(16)7-3-12)11-13-4-8-15(17)9-5-13/h2-9H,10-11H2,1H3/p+1. The number of hydrogen-bond acceptors (Lipinski definition) is 0. The van der Waals surface area contributed by atoms with Crippen LogP contribution in [0.25, 0.3) is 0 Å². The normalized spacial score (nSPS) is 10.9. The van der Waals surface area contributed by atoms with Gasteiger partial charge in [0.05, 0.1) is 7.05 Å². The molecule has 0 amide bonds. The number of nitrogens with one attached hydrogen (secondary N) is 1. The summed E-state index contributed by atoms with van der Waals surface area (Å²) in [5.74, 6) is -0.426. The van der Waals surface area contributed by atoms with E-state index in [4.69, 9.17) is 0 Å². The van der Waals surface area contributed by atoms with Crippen LogP contribution in [0.4, 0.5) is 8.78 Å². The van der Waals surface area contributed by atoms with E-state index in [1.165, 1.54) is 29.2 Å². The fourth-order valence-corrected chi connectivity index (χ4v) is 1.96. The first kappa shape index (κ1) is 12.7. The number of rotatable bonds is 4. The van der Waals surface area contributed by atoms with Crippen molar-refractivity contribution in [3.8, 4) is 0 Å². The minimum Gasteiger partial charge on any atom is -0.330 e. The Morgan fingerprint density at radius 1 is 0.722 bits per heavy atom. The monoisotopic (exact) mass is 248 g/mol. The highest BCUT2D eigenvalue weighted by Gasteiger charge is 2.05. The maximum absolute atomic E-state index is 12.8. The fourth-order valence-electron chi connectivity index (χ4n) is 1.96. The van der Waals surface area contributed by atoms with Crippen molar-refractivity contribution >= 4 is 0 Å². The Morgan fingerprint density at radius 3 is 1.39 bits per heavy atom. The van der Waals surface area contributed by atoms with Crippen molar-refractivity contribution in [1.29, 1.82) is 0 Å². The molecule has 0 unspecified atom stereocenters. The zero-order valence-electron chi connectivity index (χ0n) is 10.3. The highest BCUT2D eigenvalue weighted by molar-refractivity contribution is 5.16. The van der Waals surface area contributed by atoms with Crippen LogP contribution < -0.4 is 4.90 Å². The Balaban J connectivity index is 1.94. The summed E-state index contributed by atoms with van der Waals surface area (Å²) in [5.41, 5.74) is 2.19. The molecule has 0 spiro atoms. The molecule has 2 aromatic rings. The van der Waals surface area contributed by atoms with Crippen LogP contribution in [0.15, 0.2) is 48.5 Å². The van der Waals surface area contributed by atoms with Crippen molar-refractivity contribution in [2.45, 2.75) is 13.1 Å². The highest BCUT2D eigenvalue weighted by Crippen LogP contribution is 2.03. The van der Waals surface area contributed by atoms with Crippen LogP contribution in [-0.4, -0.2) is 7.05 Å². The number of quaternary nitrogens is 1. The van der Waals surface area contributed by atoms with Crippen molar-refractivity contribution < 1.29 is 13.7 Å². The molecule has 18 heavy (non-hydrogen) atoms. The second-order valence-electron chi connectivity index (χ2n) is 4.56. The van der Waals surface area contributed by atoms with Gasteiger partial charge >= 0.3 is 0 Å². The summed E-state index contributed by atoms with van der Waals surface area (Å²) < 4.78 is 25.5. The largest absolute Gasteiger partial charge is 0.330 e. The van der Waals surface area contributed by atoms with Crippen LogP contribution in [0.3, 0.4) is 0 Å². The second-order valence-corrected chi connectivity index (χ2v) is 4.56. The van der Waals surface area contributed by atoms with E-state index in [1.807, 2.05) is 0 Å². The Kier molecular flexibility index (Phi) is 4.05. The van der Waals surface area contributed by atoms with Crippen LogP contribution in [0.1, 0.15) is 11.1 Å². The number of halogens is 2. The van der Waals surface area contributed by atoms with Gasteiger partial charge in [0.25, 0.3) is 0 Å². The van der Waals surface area contributed by atoms with Gasteiger partial charge in [-0.1, -0.05) is 24.3 Å². The van der Waals surface area contributed by atoms with Gasteiger partial charge in [-0.25, -0.2) is 8.78 Å². The van der Waals surface area contributed by atoms with Crippen molar-refractivity contribution in [3.63, 3.8) is 0 Å². The molecule has 0 heterocycles. The first-order chi connectivity index (χ1) is 8.63. The third-order valence-corrected chi connectivity index (χ3v) is 2.84. The summed E-state index contributed by atoms with van der Waals surface area (Å²) in [6.45, 7) is 1.63. The van der Waals surface area contributed by atoms with Crippen LogP contribution in [0.5, 0.6) is 0 Å². The van der Waals surface area contributed by atoms with E-state index >= 15 is 0 Å². The molecule has 0 bridgehead atoms. The molecule has 1 N–H and O–H groups in total. The van der Waals surface area contributed by atoms with E-state index in [0.29, 0.717) is 0 Å². The lowest BCUT2D eigenvalue weighted by Gasteiger charge is -2.14. The van der Waals surface area contributed by atoms with Crippen molar-refractivity contribution in [2.75, 3.05) is 7.05 Å². The quantitative estimate of drug-likeness (QED) is 0.846. The van der Waals surface area contributed by atoms with Crippen LogP contribution in [-0.2, 0) is 13.1 Å². The molecule has 2 aromatic carbocycles. The lowest BCUT2D eigenvalue weighted by molar-refractivity contribution is -0.907. The number of hydrogen-bond donors (Lipinski definition) is 1. The topological polar surface area (TPSA) is 4.44 Å². The van der Waals surface area contributed by atoms with Gasteiger partial charge in [0.1, 0.15) is 24.7 Å². The highest BCUT2D eigenvalue weighted by atomic mass is 19.1. The molecule has 0 saturated heterocycles. The van der Waals surface area contributed by atoms with E-state index in [2.05, 4.69) is 7.05 Å². The van der Waals surface area contributed by atoms with Gasteiger partial charge < -0.3 is 4.90 Å². The predicted octanol–water partition coefficient (Wildman–Crippen LogP) is 2.18. The van der Waals surface area contributed by atoms with Crippen molar-refractivity contribution in [1.82, 2.24) is 0 Å². The van der Waals surface area contributed by atoms with Gasteiger partial charge in [-0.05, 0) is 24.3 Å². The molecule has 0 saturated carbocycles. The van der Waals surface area contributed by atoms with Gasteiger partial charge in [0.2, 0.25) is 0 Å². The SMILES string of the molecule is C[NH+](Cc1ccc(F)cc1)Cc1ccc(F)cc1. The first-order valence-electron chi connectivity index (χ1n) is 5.93. The zero-order chi connectivity index (χ0) is 13.0. The molecule has 0 radical (unpaired) electrons. The van der Waals surface area contributed by atoms with Crippen molar-refractivity contribution in [2.24, 2.45) is 0 Å². The summed E-state index contributed by atoms with van der Waals surface area (Å²) in [5, 5.41) is 0. The Bertz CT molecular complexity index is 443. The molecule has 0 aliphatic rings. The third-order valence-electron chi connectivity index (χ3n) is 2.84. The molecular weight excluding hydrogens is 232 g/mol. The van der Waals surface area contributed by atoms with E-state index in [-0.39, 0.29) is 11.6 Å². The smallest absolute Gasteiger partial charge is 0.123 e. The number of benzene rings is 2. The molecule has 0 aliphatic heterocycles. The summed E-state index contributed by atoms with van der Waals surface area (Å²) in [6, 6.07) is 13.1. The average molecular weight is 248 g/mol. The lowest BCUT2D eigenvalue weighted by Crippen LogP contribution is -3.06. The molecule has 2 rings (SSSR count). The van der Waals surface area contributed by atoms with Gasteiger partial charge in [-0.15, -0.1) is 0 Å². The average Bonchev–Trinajstić information content (AvgIpc) is 2.35. The summed E-state index contributed by atoms with van der Waals surface area (Å²) in [6.07, 6.45) is 0. The second kappa shape index (κ2) is 5.74. The minimum atomic E-state index is -0.213. The molecule has 0 aliphatic carbocycles. The molecule has 0 aromatic heterocycles. The maximum atomic E-state index is 12.8.